The number of nitrogens with zero attached hydrogens (tertiary/aromatic N) is 2. The lowest BCUT2D eigenvalue weighted by Crippen LogP contribution is -2.15. The smallest absolute Gasteiger partial charge is 0.340 e. The molecule has 0 saturated carbocycles. The molecular formula is C12H16N2O4S. The van der Waals surface area contributed by atoms with Crippen LogP contribution < -0.4 is 0 Å². The van der Waals surface area contributed by atoms with Gasteiger partial charge in [-0.25, -0.2) is 14.8 Å². The summed E-state index contributed by atoms with van der Waals surface area (Å²) in [4.78, 5) is 30.4. The fraction of sp³-hybridized carbons (Fsp3) is 0.500. The van der Waals surface area contributed by atoms with Crippen LogP contribution in [0.25, 0.3) is 0 Å². The zero-order chi connectivity index (χ0) is 14.7. The monoisotopic (exact) mass is 284 g/mol. The van der Waals surface area contributed by atoms with Gasteiger partial charge in [-0.05, 0) is 13.8 Å². The summed E-state index contributed by atoms with van der Waals surface area (Å²) in [7, 11) is 0. The minimum atomic E-state index is -1.15. The molecule has 0 bridgehead atoms. The van der Waals surface area contributed by atoms with Crippen molar-refractivity contribution in [2.24, 2.45) is 0 Å². The van der Waals surface area contributed by atoms with Gasteiger partial charge in [-0.15, -0.1) is 0 Å². The molecule has 2 N–H and O–H groups in total. The second-order valence-corrected chi connectivity index (χ2v) is 5.74. The Morgan fingerprint density at radius 3 is 2.16 bits per heavy atom. The summed E-state index contributed by atoms with van der Waals surface area (Å²) in [6.07, 6.45) is 0. The molecule has 0 aromatic carbocycles. The molecule has 1 rings (SSSR count). The van der Waals surface area contributed by atoms with Crippen molar-refractivity contribution in [1.82, 2.24) is 9.97 Å². The zero-order valence-corrected chi connectivity index (χ0v) is 12.0. The number of aromatic nitrogens is 2. The first-order valence-corrected chi connectivity index (χ1v) is 6.63. The van der Waals surface area contributed by atoms with Crippen LogP contribution in [0.2, 0.25) is 0 Å². The summed E-state index contributed by atoms with van der Waals surface area (Å²) >= 11 is 0.921. The highest BCUT2D eigenvalue weighted by Gasteiger charge is 2.23. The Labute approximate surface area is 115 Å². The number of carboxylic acid groups (broad SMARTS) is 2. The number of aromatic carboxylic acids is 1. The summed E-state index contributed by atoms with van der Waals surface area (Å²) in [6, 6.07) is 0. The zero-order valence-electron chi connectivity index (χ0n) is 11.2. The molecule has 7 heteroatoms. The number of aryl methyl sites for hydroxylation is 1. The molecule has 19 heavy (non-hydrogen) atoms. The van der Waals surface area contributed by atoms with Crippen molar-refractivity contribution in [3.8, 4) is 0 Å². The van der Waals surface area contributed by atoms with Crippen molar-refractivity contribution in [3.63, 3.8) is 0 Å². The summed E-state index contributed by atoms with van der Waals surface area (Å²) in [5.74, 6) is -1.60. The standard InChI is InChI=1S/C12H16N2O4S/c1-5(2)9-13-6(3)8(12(17)18)10(14-9)19-7(4)11(15)16/h5,7H,1-4H3,(H,15,16)(H,17,18). The van der Waals surface area contributed by atoms with Crippen molar-refractivity contribution in [2.45, 2.75) is 43.9 Å². The van der Waals surface area contributed by atoms with Crippen LogP contribution in [0, 0.1) is 6.92 Å². The lowest BCUT2D eigenvalue weighted by atomic mass is 10.2. The average molecular weight is 284 g/mol. The normalized spacial score (nSPS) is 12.5. The lowest BCUT2D eigenvalue weighted by molar-refractivity contribution is -0.136. The third-order valence-corrected chi connectivity index (χ3v) is 3.51. The van der Waals surface area contributed by atoms with Crippen LogP contribution in [0.3, 0.4) is 0 Å². The molecular weight excluding hydrogens is 268 g/mol. The molecule has 0 aliphatic carbocycles. The van der Waals surface area contributed by atoms with E-state index in [1.54, 1.807) is 6.92 Å². The molecule has 104 valence electrons. The number of carbonyl (C=O) groups is 2. The van der Waals surface area contributed by atoms with Crippen LogP contribution in [-0.2, 0) is 4.79 Å². The molecule has 0 amide bonds. The summed E-state index contributed by atoms with van der Waals surface area (Å²) < 4.78 is 0. The van der Waals surface area contributed by atoms with Crippen LogP contribution in [0.4, 0.5) is 0 Å². The molecule has 0 aliphatic rings. The van der Waals surface area contributed by atoms with Crippen molar-refractivity contribution in [3.05, 3.63) is 17.1 Å². The van der Waals surface area contributed by atoms with Crippen molar-refractivity contribution >= 4 is 23.7 Å². The molecule has 0 spiro atoms. The second-order valence-electron chi connectivity index (χ2n) is 4.41. The number of rotatable bonds is 5. The van der Waals surface area contributed by atoms with Gasteiger partial charge >= 0.3 is 11.9 Å². The Hall–Kier alpha value is -1.63. The van der Waals surface area contributed by atoms with E-state index in [2.05, 4.69) is 9.97 Å². The fourth-order valence-electron chi connectivity index (χ4n) is 1.37. The van der Waals surface area contributed by atoms with Gasteiger partial charge in [0, 0.05) is 5.92 Å². The van der Waals surface area contributed by atoms with E-state index in [9.17, 15) is 14.7 Å². The predicted molar refractivity (Wildman–Crippen MR) is 70.8 cm³/mol. The van der Waals surface area contributed by atoms with Crippen molar-refractivity contribution in [1.29, 1.82) is 0 Å². The third kappa shape index (κ3) is 3.66. The van der Waals surface area contributed by atoms with Gasteiger partial charge in [0.15, 0.2) is 0 Å². The number of thioether (sulfide) groups is 1. The minimum Gasteiger partial charge on any atom is -0.480 e. The molecule has 0 aliphatic heterocycles. The van der Waals surface area contributed by atoms with E-state index in [4.69, 9.17) is 5.11 Å². The minimum absolute atomic E-state index is 0.0255. The van der Waals surface area contributed by atoms with E-state index in [-0.39, 0.29) is 16.5 Å². The van der Waals surface area contributed by atoms with Gasteiger partial charge in [-0.1, -0.05) is 25.6 Å². The molecule has 0 radical (unpaired) electrons. The van der Waals surface area contributed by atoms with Gasteiger partial charge in [0.25, 0.3) is 0 Å². The Kier molecular flexibility index (Phi) is 4.88. The maximum atomic E-state index is 11.2. The van der Waals surface area contributed by atoms with Crippen LogP contribution in [0.1, 0.15) is 48.6 Å². The fourth-order valence-corrected chi connectivity index (χ4v) is 2.31. The summed E-state index contributed by atoms with van der Waals surface area (Å²) in [5.41, 5.74) is 0.328. The third-order valence-electron chi connectivity index (χ3n) is 2.44. The molecule has 1 unspecified atom stereocenters. The first-order valence-electron chi connectivity index (χ1n) is 5.75. The Balaban J connectivity index is 3.32. The van der Waals surface area contributed by atoms with Gasteiger partial charge in [0.1, 0.15) is 21.7 Å². The molecule has 0 saturated heterocycles. The maximum Gasteiger partial charge on any atom is 0.340 e. The van der Waals surface area contributed by atoms with Crippen molar-refractivity contribution < 1.29 is 19.8 Å². The van der Waals surface area contributed by atoms with Crippen molar-refractivity contribution in [2.75, 3.05) is 0 Å². The highest BCUT2D eigenvalue weighted by molar-refractivity contribution is 8.00. The molecule has 1 heterocycles. The lowest BCUT2D eigenvalue weighted by Gasteiger charge is -2.13. The highest BCUT2D eigenvalue weighted by Crippen LogP contribution is 2.28. The first-order chi connectivity index (χ1) is 8.73. The predicted octanol–water partition coefficient (Wildman–Crippen LogP) is 2.17. The van der Waals surface area contributed by atoms with Crippen LogP contribution in [0.15, 0.2) is 5.03 Å². The molecule has 1 aromatic heterocycles. The quantitative estimate of drug-likeness (QED) is 0.631. The van der Waals surface area contributed by atoms with E-state index in [0.29, 0.717) is 11.5 Å². The molecule has 0 fully saturated rings. The number of carboxylic acids is 2. The van der Waals surface area contributed by atoms with E-state index < -0.39 is 17.2 Å². The van der Waals surface area contributed by atoms with E-state index in [1.165, 1.54) is 6.92 Å². The Bertz CT molecular complexity index is 517. The average Bonchev–Trinajstić information content (AvgIpc) is 2.27. The molecule has 6 nitrogen and oxygen atoms in total. The summed E-state index contributed by atoms with van der Waals surface area (Å²) in [6.45, 7) is 6.87. The van der Waals surface area contributed by atoms with Crippen LogP contribution >= 0.6 is 11.8 Å². The molecule has 1 atom stereocenters. The van der Waals surface area contributed by atoms with E-state index >= 15 is 0 Å². The van der Waals surface area contributed by atoms with Gasteiger partial charge in [-0.3, -0.25) is 4.79 Å². The summed E-state index contributed by atoms with van der Waals surface area (Å²) in [5, 5.41) is 17.5. The second kappa shape index (κ2) is 6.01. The van der Waals surface area contributed by atoms with Crippen LogP contribution in [-0.4, -0.2) is 37.4 Å². The topological polar surface area (TPSA) is 100 Å². The maximum absolute atomic E-state index is 11.2. The number of aliphatic carboxylic acids is 1. The molecule has 1 aromatic rings. The number of hydrogen-bond acceptors (Lipinski definition) is 5. The van der Waals surface area contributed by atoms with E-state index in [0.717, 1.165) is 11.8 Å². The van der Waals surface area contributed by atoms with Crippen LogP contribution in [0.5, 0.6) is 0 Å². The van der Waals surface area contributed by atoms with Gasteiger partial charge in [0.05, 0.1) is 5.69 Å². The van der Waals surface area contributed by atoms with Gasteiger partial charge < -0.3 is 10.2 Å². The van der Waals surface area contributed by atoms with Gasteiger partial charge in [-0.2, -0.15) is 0 Å². The number of hydrogen-bond donors (Lipinski definition) is 2. The Morgan fingerprint density at radius 2 is 1.74 bits per heavy atom. The first kappa shape index (κ1) is 15.4. The highest BCUT2D eigenvalue weighted by atomic mass is 32.2. The largest absolute Gasteiger partial charge is 0.480 e. The van der Waals surface area contributed by atoms with E-state index in [1.807, 2.05) is 13.8 Å². The van der Waals surface area contributed by atoms with Gasteiger partial charge in [0.2, 0.25) is 0 Å². The SMILES string of the molecule is Cc1nc(C(C)C)nc(SC(C)C(=O)O)c1C(=O)O. The Morgan fingerprint density at radius 1 is 1.16 bits per heavy atom.